The highest BCUT2D eigenvalue weighted by molar-refractivity contribution is 7.89. The van der Waals surface area contributed by atoms with Gasteiger partial charge in [-0.1, -0.05) is 35.9 Å². The van der Waals surface area contributed by atoms with Gasteiger partial charge >= 0.3 is 0 Å². The molecule has 1 fully saturated rings. The molecule has 1 aliphatic rings. The van der Waals surface area contributed by atoms with Crippen LogP contribution in [0.2, 0.25) is 0 Å². The molecule has 0 radical (unpaired) electrons. The summed E-state index contributed by atoms with van der Waals surface area (Å²) in [5, 5.41) is 10.9. The van der Waals surface area contributed by atoms with E-state index >= 15 is 0 Å². The summed E-state index contributed by atoms with van der Waals surface area (Å²) in [4.78, 5) is 24.1. The SMILES string of the molecule is Cc1ccc(/C=C/C(=O)N2CCN(S(=O)(=O)c3cccc([N+](=O)[O-])c3)CC2)cc1. The molecule has 0 bridgehead atoms. The third-order valence-electron chi connectivity index (χ3n) is 4.71. The summed E-state index contributed by atoms with van der Waals surface area (Å²) in [6.45, 7) is 2.76. The summed E-state index contributed by atoms with van der Waals surface area (Å²) in [5.74, 6) is -0.182. The molecule has 3 rings (SSSR count). The first-order valence-electron chi connectivity index (χ1n) is 9.05. The van der Waals surface area contributed by atoms with E-state index in [0.717, 1.165) is 17.2 Å². The van der Waals surface area contributed by atoms with Gasteiger partial charge in [0.15, 0.2) is 0 Å². The van der Waals surface area contributed by atoms with Crippen molar-refractivity contribution in [1.29, 1.82) is 0 Å². The van der Waals surface area contributed by atoms with Crippen LogP contribution in [-0.2, 0) is 14.8 Å². The van der Waals surface area contributed by atoms with Crippen LogP contribution in [0.25, 0.3) is 6.08 Å². The lowest BCUT2D eigenvalue weighted by Crippen LogP contribution is -2.50. The maximum atomic E-state index is 12.8. The zero-order valence-electron chi connectivity index (χ0n) is 15.9. The number of non-ortho nitro benzene ring substituents is 1. The van der Waals surface area contributed by atoms with Crippen molar-refractivity contribution in [1.82, 2.24) is 9.21 Å². The van der Waals surface area contributed by atoms with Crippen LogP contribution in [0, 0.1) is 17.0 Å². The smallest absolute Gasteiger partial charge is 0.270 e. The van der Waals surface area contributed by atoms with Crippen molar-refractivity contribution in [2.24, 2.45) is 0 Å². The minimum absolute atomic E-state index is 0.120. The molecule has 8 nitrogen and oxygen atoms in total. The Morgan fingerprint density at radius 2 is 1.72 bits per heavy atom. The molecule has 9 heteroatoms. The number of benzene rings is 2. The molecule has 0 aliphatic carbocycles. The molecule has 152 valence electrons. The predicted molar refractivity (Wildman–Crippen MR) is 109 cm³/mol. The van der Waals surface area contributed by atoms with Crippen molar-refractivity contribution in [3.05, 3.63) is 75.8 Å². The number of sulfonamides is 1. The maximum absolute atomic E-state index is 12.8. The third kappa shape index (κ3) is 4.87. The number of nitrogens with zero attached hydrogens (tertiary/aromatic N) is 3. The van der Waals surface area contributed by atoms with Crippen LogP contribution in [0.5, 0.6) is 0 Å². The first-order chi connectivity index (χ1) is 13.8. The van der Waals surface area contributed by atoms with E-state index in [4.69, 9.17) is 0 Å². The van der Waals surface area contributed by atoms with Gasteiger partial charge in [-0.15, -0.1) is 0 Å². The third-order valence-corrected chi connectivity index (χ3v) is 6.61. The first kappa shape index (κ1) is 20.7. The minimum Gasteiger partial charge on any atom is -0.337 e. The molecule has 0 N–H and O–H groups in total. The van der Waals surface area contributed by atoms with E-state index in [-0.39, 0.29) is 42.7 Å². The van der Waals surface area contributed by atoms with E-state index in [1.165, 1.54) is 28.6 Å². The van der Waals surface area contributed by atoms with Gasteiger partial charge in [-0.3, -0.25) is 14.9 Å². The molecule has 1 heterocycles. The van der Waals surface area contributed by atoms with Gasteiger partial charge < -0.3 is 4.90 Å². The van der Waals surface area contributed by atoms with E-state index in [2.05, 4.69) is 0 Å². The molecule has 0 atom stereocenters. The molecule has 0 unspecified atom stereocenters. The lowest BCUT2D eigenvalue weighted by atomic mass is 10.1. The molecule has 29 heavy (non-hydrogen) atoms. The van der Waals surface area contributed by atoms with E-state index in [1.807, 2.05) is 31.2 Å². The number of aryl methyl sites for hydroxylation is 1. The van der Waals surface area contributed by atoms with Gasteiger partial charge in [0.25, 0.3) is 5.69 Å². The summed E-state index contributed by atoms with van der Waals surface area (Å²) in [6.07, 6.45) is 3.21. The Morgan fingerprint density at radius 1 is 1.07 bits per heavy atom. The fourth-order valence-electron chi connectivity index (χ4n) is 3.01. The van der Waals surface area contributed by atoms with Gasteiger partial charge in [0.05, 0.1) is 9.82 Å². The van der Waals surface area contributed by atoms with Crippen LogP contribution in [0.1, 0.15) is 11.1 Å². The van der Waals surface area contributed by atoms with Gasteiger partial charge in [-0.05, 0) is 24.6 Å². The Labute approximate surface area is 169 Å². The van der Waals surface area contributed by atoms with E-state index in [9.17, 15) is 23.3 Å². The maximum Gasteiger partial charge on any atom is 0.270 e. The minimum atomic E-state index is -3.85. The second-order valence-electron chi connectivity index (χ2n) is 6.73. The topological polar surface area (TPSA) is 101 Å². The summed E-state index contributed by atoms with van der Waals surface area (Å²) in [7, 11) is -3.85. The molecule has 1 amide bonds. The summed E-state index contributed by atoms with van der Waals surface area (Å²) in [5.41, 5.74) is 1.77. The fraction of sp³-hybridized carbons (Fsp3) is 0.250. The number of hydrogen-bond donors (Lipinski definition) is 0. The van der Waals surface area contributed by atoms with Crippen molar-refractivity contribution in [3.63, 3.8) is 0 Å². The van der Waals surface area contributed by atoms with Crippen molar-refractivity contribution in [3.8, 4) is 0 Å². The molecule has 1 saturated heterocycles. The van der Waals surface area contributed by atoms with Crippen LogP contribution in [-0.4, -0.2) is 54.6 Å². The van der Waals surface area contributed by atoms with Crippen molar-refractivity contribution >= 4 is 27.7 Å². The molecule has 2 aromatic rings. The second-order valence-corrected chi connectivity index (χ2v) is 8.67. The predicted octanol–water partition coefficient (Wildman–Crippen LogP) is 2.45. The summed E-state index contributed by atoms with van der Waals surface area (Å²) in [6, 6.07) is 12.7. The van der Waals surface area contributed by atoms with E-state index in [1.54, 1.807) is 11.0 Å². The van der Waals surface area contributed by atoms with Gasteiger partial charge in [0, 0.05) is 44.4 Å². The number of carbonyl (C=O) groups is 1. The van der Waals surface area contributed by atoms with Gasteiger partial charge in [0.1, 0.15) is 0 Å². The Balaban J connectivity index is 1.63. The lowest BCUT2D eigenvalue weighted by molar-refractivity contribution is -0.385. The van der Waals surface area contributed by atoms with Crippen LogP contribution >= 0.6 is 0 Å². The number of carbonyl (C=O) groups excluding carboxylic acids is 1. The summed E-state index contributed by atoms with van der Waals surface area (Å²) >= 11 is 0. The number of piperazine rings is 1. The van der Waals surface area contributed by atoms with Crippen molar-refractivity contribution in [2.75, 3.05) is 26.2 Å². The monoisotopic (exact) mass is 415 g/mol. The molecule has 1 aliphatic heterocycles. The van der Waals surface area contributed by atoms with Crippen molar-refractivity contribution < 1.29 is 18.1 Å². The van der Waals surface area contributed by atoms with Gasteiger partial charge in [-0.25, -0.2) is 8.42 Å². The normalized spacial score (nSPS) is 15.6. The molecule has 0 aromatic heterocycles. The number of hydrogen-bond acceptors (Lipinski definition) is 5. The number of nitro groups is 1. The Hall–Kier alpha value is -3.04. The zero-order valence-corrected chi connectivity index (χ0v) is 16.7. The second kappa shape index (κ2) is 8.54. The highest BCUT2D eigenvalue weighted by Crippen LogP contribution is 2.22. The van der Waals surface area contributed by atoms with Crippen LogP contribution in [0.15, 0.2) is 59.5 Å². The Morgan fingerprint density at radius 3 is 2.34 bits per heavy atom. The van der Waals surface area contributed by atoms with E-state index < -0.39 is 14.9 Å². The summed E-state index contributed by atoms with van der Waals surface area (Å²) < 4.78 is 26.8. The quantitative estimate of drug-likeness (QED) is 0.424. The zero-order chi connectivity index (χ0) is 21.0. The molecular formula is C20H21N3O5S. The van der Waals surface area contributed by atoms with Gasteiger partial charge in [0.2, 0.25) is 15.9 Å². The number of nitro benzene ring substituents is 1. The van der Waals surface area contributed by atoms with E-state index in [0.29, 0.717) is 0 Å². The molecule has 2 aromatic carbocycles. The lowest BCUT2D eigenvalue weighted by Gasteiger charge is -2.33. The first-order valence-corrected chi connectivity index (χ1v) is 10.5. The molecule has 0 saturated carbocycles. The average molecular weight is 415 g/mol. The molecule has 0 spiro atoms. The highest BCUT2D eigenvalue weighted by Gasteiger charge is 2.30. The standard InChI is InChI=1S/C20H21N3O5S/c1-16-5-7-17(8-6-16)9-10-20(24)21-11-13-22(14-12-21)29(27,28)19-4-2-3-18(15-19)23(25)26/h2-10,15H,11-14H2,1H3/b10-9+. The Bertz CT molecular complexity index is 1040. The van der Waals surface area contributed by atoms with Crippen LogP contribution in [0.4, 0.5) is 5.69 Å². The number of amides is 1. The Kier molecular flexibility index (Phi) is 6.09. The van der Waals surface area contributed by atoms with Crippen LogP contribution in [0.3, 0.4) is 0 Å². The average Bonchev–Trinajstić information content (AvgIpc) is 2.73. The van der Waals surface area contributed by atoms with Gasteiger partial charge in [-0.2, -0.15) is 4.31 Å². The van der Waals surface area contributed by atoms with Crippen molar-refractivity contribution in [2.45, 2.75) is 11.8 Å². The molecular weight excluding hydrogens is 394 g/mol. The largest absolute Gasteiger partial charge is 0.337 e. The van der Waals surface area contributed by atoms with Crippen LogP contribution < -0.4 is 0 Å². The fourth-order valence-corrected chi connectivity index (χ4v) is 4.47. The number of rotatable bonds is 5. The highest BCUT2D eigenvalue weighted by atomic mass is 32.2.